The molecule has 7 nitrogen and oxygen atoms in total. The summed E-state index contributed by atoms with van der Waals surface area (Å²) < 4.78 is 18.9. The molecular formula is C26H36N4O3. The lowest BCUT2D eigenvalue weighted by Gasteiger charge is -2.21. The monoisotopic (exact) mass is 452 g/mol. The zero-order valence-corrected chi connectivity index (χ0v) is 21.2. The number of aryl methyl sites for hydroxylation is 3. The van der Waals surface area contributed by atoms with Crippen LogP contribution in [0.25, 0.3) is 33.1 Å². The van der Waals surface area contributed by atoms with Gasteiger partial charge in [0.1, 0.15) is 22.9 Å². The molecule has 1 fully saturated rings. The Morgan fingerprint density at radius 1 is 1.03 bits per heavy atom. The van der Waals surface area contributed by atoms with Crippen molar-refractivity contribution in [2.24, 2.45) is 7.05 Å². The lowest BCUT2D eigenvalue weighted by molar-refractivity contribution is 0.0831. The molecule has 4 aromatic rings. The molecule has 178 valence electrons. The van der Waals surface area contributed by atoms with Gasteiger partial charge in [-0.2, -0.15) is 0 Å². The quantitative estimate of drug-likeness (QED) is 0.361. The Bertz CT molecular complexity index is 1200. The van der Waals surface area contributed by atoms with E-state index in [1.165, 1.54) is 0 Å². The molecule has 0 radical (unpaired) electrons. The maximum atomic E-state index is 5.76. The molecule has 0 amide bonds. The molecule has 1 aliphatic rings. The summed E-state index contributed by atoms with van der Waals surface area (Å²) in [6.45, 7) is 13.4. The van der Waals surface area contributed by atoms with Gasteiger partial charge in [0.25, 0.3) is 0 Å². The zero-order valence-electron chi connectivity index (χ0n) is 21.2. The molecule has 33 heavy (non-hydrogen) atoms. The van der Waals surface area contributed by atoms with Crippen LogP contribution in [0.5, 0.6) is 5.75 Å². The Morgan fingerprint density at radius 2 is 1.73 bits per heavy atom. The smallest absolute Gasteiger partial charge is 0.141 e. The van der Waals surface area contributed by atoms with Crippen LogP contribution in [-0.2, 0) is 11.8 Å². The average Bonchev–Trinajstić information content (AvgIpc) is 3.39. The minimum Gasteiger partial charge on any atom is -0.496 e. The first-order valence-corrected chi connectivity index (χ1v) is 11.9. The third kappa shape index (κ3) is 4.47. The van der Waals surface area contributed by atoms with Crippen molar-refractivity contribution in [2.75, 3.05) is 20.3 Å². The van der Waals surface area contributed by atoms with Crippen LogP contribution in [0.2, 0.25) is 0 Å². The number of pyridine rings is 1. The number of rotatable bonds is 3. The van der Waals surface area contributed by atoms with Crippen LogP contribution in [0, 0.1) is 13.8 Å². The minimum absolute atomic E-state index is 0.416. The fourth-order valence-corrected chi connectivity index (χ4v) is 4.49. The maximum Gasteiger partial charge on any atom is 0.141 e. The van der Waals surface area contributed by atoms with E-state index in [4.69, 9.17) is 24.0 Å². The largest absolute Gasteiger partial charge is 0.496 e. The van der Waals surface area contributed by atoms with Gasteiger partial charge < -0.3 is 18.6 Å². The number of methoxy groups -OCH3 is 1. The highest BCUT2D eigenvalue weighted by Crippen LogP contribution is 2.39. The van der Waals surface area contributed by atoms with Crippen molar-refractivity contribution in [1.29, 1.82) is 0 Å². The highest BCUT2D eigenvalue weighted by Gasteiger charge is 2.24. The van der Waals surface area contributed by atoms with Crippen LogP contribution < -0.4 is 4.74 Å². The molecule has 0 atom stereocenters. The topological polar surface area (TPSA) is 75.2 Å². The summed E-state index contributed by atoms with van der Waals surface area (Å²) in [6, 6.07) is 4.11. The van der Waals surface area contributed by atoms with Gasteiger partial charge in [0, 0.05) is 37.1 Å². The molecule has 3 aromatic heterocycles. The second-order valence-corrected chi connectivity index (χ2v) is 7.68. The van der Waals surface area contributed by atoms with Gasteiger partial charge in [-0.15, -0.1) is 0 Å². The lowest BCUT2D eigenvalue weighted by Crippen LogP contribution is -2.17. The highest BCUT2D eigenvalue weighted by molar-refractivity contribution is 6.05. The standard InChI is InChI=1S/C22H24N4O3.2C2H6/c1-12-20(13(2)29-25-12)16-9-17-15(10-19(16)27-4)21-18(11-23-17)24-22(26(21)3)14-5-7-28-8-6-14;2*1-2/h9-11,14H,5-8H2,1-4H3;2*1-2H3. The molecule has 1 aliphatic heterocycles. The van der Waals surface area contributed by atoms with E-state index >= 15 is 0 Å². The van der Waals surface area contributed by atoms with E-state index in [9.17, 15) is 0 Å². The van der Waals surface area contributed by atoms with Crippen LogP contribution in [0.3, 0.4) is 0 Å². The fourth-order valence-electron chi connectivity index (χ4n) is 4.49. The number of hydrogen-bond donors (Lipinski definition) is 0. The van der Waals surface area contributed by atoms with Crippen molar-refractivity contribution in [1.82, 2.24) is 19.7 Å². The second-order valence-electron chi connectivity index (χ2n) is 7.68. The summed E-state index contributed by atoms with van der Waals surface area (Å²) in [5, 5.41) is 5.12. The van der Waals surface area contributed by atoms with Crippen LogP contribution in [0.15, 0.2) is 22.9 Å². The number of fused-ring (bicyclic) bond motifs is 3. The Balaban J connectivity index is 0.000000728. The molecule has 7 heteroatoms. The molecule has 4 heterocycles. The van der Waals surface area contributed by atoms with Gasteiger partial charge in [-0.05, 0) is 38.8 Å². The number of benzene rings is 1. The van der Waals surface area contributed by atoms with Crippen molar-refractivity contribution >= 4 is 21.9 Å². The molecule has 0 spiro atoms. The third-order valence-corrected chi connectivity index (χ3v) is 5.94. The molecule has 5 rings (SSSR count). The first kappa shape index (κ1) is 24.7. The first-order valence-electron chi connectivity index (χ1n) is 11.9. The first-order chi connectivity index (χ1) is 16.1. The predicted octanol–water partition coefficient (Wildman–Crippen LogP) is 6.35. The van der Waals surface area contributed by atoms with E-state index in [0.717, 1.165) is 82.1 Å². The van der Waals surface area contributed by atoms with Gasteiger partial charge in [0.15, 0.2) is 0 Å². The average molecular weight is 453 g/mol. The molecular weight excluding hydrogens is 416 g/mol. The van der Waals surface area contributed by atoms with Crippen molar-refractivity contribution < 1.29 is 14.0 Å². The molecule has 0 saturated carbocycles. The van der Waals surface area contributed by atoms with Gasteiger partial charge in [-0.1, -0.05) is 32.9 Å². The van der Waals surface area contributed by atoms with Crippen LogP contribution >= 0.6 is 0 Å². The third-order valence-electron chi connectivity index (χ3n) is 5.94. The Labute approximate surface area is 196 Å². The highest BCUT2D eigenvalue weighted by atomic mass is 16.5. The summed E-state index contributed by atoms with van der Waals surface area (Å²) in [6.07, 6.45) is 3.87. The summed E-state index contributed by atoms with van der Waals surface area (Å²) in [7, 11) is 3.78. The number of ether oxygens (including phenoxy) is 2. The van der Waals surface area contributed by atoms with Crippen molar-refractivity contribution in [3.05, 3.63) is 35.6 Å². The van der Waals surface area contributed by atoms with E-state index in [1.54, 1.807) is 7.11 Å². The van der Waals surface area contributed by atoms with E-state index in [1.807, 2.05) is 47.7 Å². The fraction of sp³-hybridized carbons (Fsp3) is 0.500. The lowest BCUT2D eigenvalue weighted by atomic mass is 9.99. The molecule has 0 aliphatic carbocycles. The normalized spacial score (nSPS) is 13.9. The molecule has 1 aromatic carbocycles. The number of hydrogen-bond acceptors (Lipinski definition) is 6. The van der Waals surface area contributed by atoms with Crippen molar-refractivity contribution in [2.45, 2.75) is 60.3 Å². The predicted molar refractivity (Wildman–Crippen MR) is 133 cm³/mol. The van der Waals surface area contributed by atoms with Gasteiger partial charge in [-0.3, -0.25) is 4.98 Å². The maximum absolute atomic E-state index is 5.76. The Morgan fingerprint density at radius 3 is 2.33 bits per heavy atom. The van der Waals surface area contributed by atoms with Gasteiger partial charge >= 0.3 is 0 Å². The molecule has 0 unspecified atom stereocenters. The second kappa shape index (κ2) is 10.8. The number of nitrogens with zero attached hydrogens (tertiary/aromatic N) is 4. The van der Waals surface area contributed by atoms with E-state index in [-0.39, 0.29) is 0 Å². The van der Waals surface area contributed by atoms with Gasteiger partial charge in [-0.25, -0.2) is 4.98 Å². The SMILES string of the molecule is CC.CC.COc1cc2c(cc1-c1c(C)noc1C)ncc1nc(C3CCOCC3)n(C)c12. The van der Waals surface area contributed by atoms with Crippen LogP contribution in [0.4, 0.5) is 0 Å². The number of imidazole rings is 1. The summed E-state index contributed by atoms with van der Waals surface area (Å²) >= 11 is 0. The Hall–Kier alpha value is -2.93. The molecule has 1 saturated heterocycles. The van der Waals surface area contributed by atoms with E-state index in [2.05, 4.69) is 28.9 Å². The van der Waals surface area contributed by atoms with Crippen molar-refractivity contribution in [3.8, 4) is 16.9 Å². The summed E-state index contributed by atoms with van der Waals surface area (Å²) in [5.74, 6) is 3.06. The van der Waals surface area contributed by atoms with Crippen LogP contribution in [-0.4, -0.2) is 40.0 Å². The summed E-state index contributed by atoms with van der Waals surface area (Å²) in [5.41, 5.74) is 5.63. The van der Waals surface area contributed by atoms with Gasteiger partial charge in [0.2, 0.25) is 0 Å². The van der Waals surface area contributed by atoms with E-state index < -0.39 is 0 Å². The molecule has 0 bridgehead atoms. The van der Waals surface area contributed by atoms with E-state index in [0.29, 0.717) is 5.92 Å². The molecule has 0 N–H and O–H groups in total. The van der Waals surface area contributed by atoms with Gasteiger partial charge in [0.05, 0.1) is 35.6 Å². The number of aromatic nitrogens is 4. The minimum atomic E-state index is 0.416. The van der Waals surface area contributed by atoms with Crippen molar-refractivity contribution in [3.63, 3.8) is 0 Å². The zero-order chi connectivity index (χ0) is 24.1. The van der Waals surface area contributed by atoms with Crippen LogP contribution in [0.1, 0.15) is 63.7 Å². The Kier molecular flexibility index (Phi) is 8.08. The summed E-state index contributed by atoms with van der Waals surface area (Å²) in [4.78, 5) is 9.63.